The van der Waals surface area contributed by atoms with E-state index in [1.54, 1.807) is 53.6 Å². The number of hydrogen-bond acceptors (Lipinski definition) is 4. The van der Waals surface area contributed by atoms with Gasteiger partial charge in [0.1, 0.15) is 18.4 Å². The van der Waals surface area contributed by atoms with Crippen LogP contribution in [0.2, 0.25) is 0 Å². The Hall–Kier alpha value is -3.22. The average molecular weight is 350 g/mol. The molecule has 3 heterocycles. The third kappa shape index (κ3) is 2.81. The van der Waals surface area contributed by atoms with Crippen molar-refractivity contribution in [3.05, 3.63) is 54.2 Å². The molecule has 0 radical (unpaired) electrons. The fraction of sp³-hybridized carbons (Fsp3) is 0.263. The normalized spacial score (nSPS) is 19.0. The van der Waals surface area contributed by atoms with Gasteiger partial charge in [0.2, 0.25) is 11.8 Å². The van der Waals surface area contributed by atoms with Gasteiger partial charge in [-0.2, -0.15) is 0 Å². The maximum atomic E-state index is 13.1. The summed E-state index contributed by atoms with van der Waals surface area (Å²) in [5.74, 6) is -0.293. The zero-order valence-electron chi connectivity index (χ0n) is 14.1. The topological polar surface area (TPSA) is 82.6 Å². The molecule has 2 aliphatic heterocycles. The molecule has 0 bridgehead atoms. The molecule has 0 unspecified atom stereocenters. The molecule has 0 aliphatic carbocycles. The van der Waals surface area contributed by atoms with Crippen molar-refractivity contribution in [1.29, 1.82) is 0 Å². The van der Waals surface area contributed by atoms with Crippen molar-refractivity contribution in [3.8, 4) is 0 Å². The van der Waals surface area contributed by atoms with Gasteiger partial charge in [-0.05, 0) is 37.1 Å². The fourth-order valence-electron chi connectivity index (χ4n) is 3.54. The number of nitrogens with one attached hydrogen (secondary N) is 1. The molecule has 1 N–H and O–H groups in total. The van der Waals surface area contributed by atoms with Crippen molar-refractivity contribution < 1.29 is 14.4 Å². The van der Waals surface area contributed by atoms with Gasteiger partial charge in [0.25, 0.3) is 5.91 Å². The summed E-state index contributed by atoms with van der Waals surface area (Å²) in [7, 11) is 0. The molecule has 1 fully saturated rings. The van der Waals surface area contributed by atoms with E-state index in [9.17, 15) is 14.4 Å². The first kappa shape index (κ1) is 16.3. The molecular formula is C19H18N4O3. The van der Waals surface area contributed by atoms with Crippen molar-refractivity contribution in [2.75, 3.05) is 23.3 Å². The molecule has 7 heteroatoms. The molecular weight excluding hydrogens is 332 g/mol. The Labute approximate surface area is 150 Å². The van der Waals surface area contributed by atoms with Crippen LogP contribution in [0.3, 0.4) is 0 Å². The van der Waals surface area contributed by atoms with Crippen LogP contribution in [-0.2, 0) is 9.59 Å². The maximum absolute atomic E-state index is 13.1. The SMILES string of the molecule is O=C(CN1C(=O)[C@H]2CCCN2C(=O)c2ccccc21)Nc1ccccn1. The number of carbonyl (C=O) groups excluding carboxylic acids is 3. The van der Waals surface area contributed by atoms with Gasteiger partial charge in [0.05, 0.1) is 11.3 Å². The van der Waals surface area contributed by atoms with Crippen LogP contribution in [0.1, 0.15) is 23.2 Å². The number of rotatable bonds is 3. The van der Waals surface area contributed by atoms with E-state index in [0.717, 1.165) is 6.42 Å². The number of benzene rings is 1. The molecule has 1 aromatic carbocycles. The molecule has 0 spiro atoms. The minimum atomic E-state index is -0.502. The van der Waals surface area contributed by atoms with Gasteiger partial charge in [-0.15, -0.1) is 0 Å². The van der Waals surface area contributed by atoms with Crippen LogP contribution >= 0.6 is 0 Å². The highest BCUT2D eigenvalue weighted by Gasteiger charge is 2.42. The predicted octanol–water partition coefficient (Wildman–Crippen LogP) is 1.67. The van der Waals surface area contributed by atoms with E-state index < -0.39 is 6.04 Å². The van der Waals surface area contributed by atoms with Gasteiger partial charge in [0, 0.05) is 12.7 Å². The lowest BCUT2D eigenvalue weighted by Crippen LogP contribution is -2.47. The van der Waals surface area contributed by atoms with Gasteiger partial charge in [-0.3, -0.25) is 14.4 Å². The van der Waals surface area contributed by atoms with Crippen LogP contribution in [0, 0.1) is 0 Å². The number of hydrogen-bond donors (Lipinski definition) is 1. The lowest BCUT2D eigenvalue weighted by atomic mass is 10.1. The molecule has 7 nitrogen and oxygen atoms in total. The first-order valence-electron chi connectivity index (χ1n) is 8.57. The summed E-state index contributed by atoms with van der Waals surface area (Å²) in [6.45, 7) is 0.404. The van der Waals surface area contributed by atoms with E-state index in [0.29, 0.717) is 30.0 Å². The molecule has 2 aromatic rings. The molecule has 0 saturated carbocycles. The van der Waals surface area contributed by atoms with Crippen LogP contribution in [0.5, 0.6) is 0 Å². The lowest BCUT2D eigenvalue weighted by molar-refractivity contribution is -0.124. The summed E-state index contributed by atoms with van der Waals surface area (Å²) in [5.41, 5.74) is 0.934. The highest BCUT2D eigenvalue weighted by Crippen LogP contribution is 2.32. The Morgan fingerprint density at radius 3 is 2.77 bits per heavy atom. The van der Waals surface area contributed by atoms with Crippen molar-refractivity contribution in [3.63, 3.8) is 0 Å². The standard InChI is InChI=1S/C19H18N4O3/c24-17(21-16-9-3-4-10-20-16)12-23-14-7-2-1-6-13(14)18(25)22-11-5-8-15(22)19(23)26/h1-4,6-7,9-10,15H,5,8,11-12H2,(H,20,21,24)/t15-/m1/s1. The highest BCUT2D eigenvalue weighted by atomic mass is 16.2. The summed E-state index contributed by atoms with van der Waals surface area (Å²) in [6.07, 6.45) is 2.99. The summed E-state index contributed by atoms with van der Waals surface area (Å²) >= 11 is 0. The van der Waals surface area contributed by atoms with Gasteiger partial charge >= 0.3 is 0 Å². The number of aromatic nitrogens is 1. The Morgan fingerprint density at radius 1 is 1.15 bits per heavy atom. The monoisotopic (exact) mass is 350 g/mol. The molecule has 1 aromatic heterocycles. The number of para-hydroxylation sites is 1. The molecule has 1 saturated heterocycles. The van der Waals surface area contributed by atoms with Crippen LogP contribution in [0.25, 0.3) is 0 Å². The second-order valence-electron chi connectivity index (χ2n) is 6.36. The second-order valence-corrected chi connectivity index (χ2v) is 6.36. The molecule has 3 amide bonds. The molecule has 132 valence electrons. The summed E-state index contributed by atoms with van der Waals surface area (Å²) in [6, 6.07) is 11.6. The van der Waals surface area contributed by atoms with Crippen molar-refractivity contribution in [1.82, 2.24) is 9.88 Å². The minimum absolute atomic E-state index is 0.149. The maximum Gasteiger partial charge on any atom is 0.256 e. The van der Waals surface area contributed by atoms with E-state index in [2.05, 4.69) is 10.3 Å². The van der Waals surface area contributed by atoms with Crippen LogP contribution in [0.15, 0.2) is 48.7 Å². The van der Waals surface area contributed by atoms with Crippen molar-refractivity contribution in [2.24, 2.45) is 0 Å². The highest BCUT2D eigenvalue weighted by molar-refractivity contribution is 6.13. The van der Waals surface area contributed by atoms with E-state index in [1.807, 2.05) is 0 Å². The van der Waals surface area contributed by atoms with Crippen LogP contribution in [0.4, 0.5) is 11.5 Å². The largest absolute Gasteiger partial charge is 0.327 e. The third-order valence-corrected chi connectivity index (χ3v) is 4.72. The van der Waals surface area contributed by atoms with Gasteiger partial charge in [-0.1, -0.05) is 18.2 Å². The van der Waals surface area contributed by atoms with E-state index in [4.69, 9.17) is 0 Å². The summed E-state index contributed by atoms with van der Waals surface area (Å²) < 4.78 is 0. The van der Waals surface area contributed by atoms with E-state index >= 15 is 0 Å². The Morgan fingerprint density at radius 2 is 1.96 bits per heavy atom. The number of amides is 3. The Balaban J connectivity index is 1.65. The van der Waals surface area contributed by atoms with Crippen LogP contribution < -0.4 is 10.2 Å². The number of anilines is 2. The summed E-state index contributed by atoms with van der Waals surface area (Å²) in [5, 5.41) is 2.69. The van der Waals surface area contributed by atoms with Gasteiger partial charge < -0.3 is 15.1 Å². The first-order chi connectivity index (χ1) is 12.6. The third-order valence-electron chi connectivity index (χ3n) is 4.72. The molecule has 4 rings (SSSR count). The minimum Gasteiger partial charge on any atom is -0.327 e. The number of fused-ring (bicyclic) bond motifs is 2. The number of pyridine rings is 1. The van der Waals surface area contributed by atoms with E-state index in [-0.39, 0.29) is 24.3 Å². The van der Waals surface area contributed by atoms with Gasteiger partial charge in [0.15, 0.2) is 0 Å². The zero-order valence-corrected chi connectivity index (χ0v) is 14.1. The molecule has 1 atom stereocenters. The van der Waals surface area contributed by atoms with E-state index in [1.165, 1.54) is 4.90 Å². The molecule has 26 heavy (non-hydrogen) atoms. The van der Waals surface area contributed by atoms with Crippen molar-refractivity contribution in [2.45, 2.75) is 18.9 Å². The summed E-state index contributed by atoms with van der Waals surface area (Å²) in [4.78, 5) is 45.5. The second kappa shape index (κ2) is 6.59. The van der Waals surface area contributed by atoms with Crippen molar-refractivity contribution >= 4 is 29.2 Å². The number of nitrogens with zero attached hydrogens (tertiary/aromatic N) is 3. The van der Waals surface area contributed by atoms with Crippen LogP contribution in [-0.4, -0.2) is 46.7 Å². The number of carbonyl (C=O) groups is 3. The quantitative estimate of drug-likeness (QED) is 0.913. The van der Waals surface area contributed by atoms with Gasteiger partial charge in [-0.25, -0.2) is 4.98 Å². The predicted molar refractivity (Wildman–Crippen MR) is 95.7 cm³/mol. The first-order valence-corrected chi connectivity index (χ1v) is 8.57. The Kier molecular flexibility index (Phi) is 4.12. The smallest absolute Gasteiger partial charge is 0.256 e. The fourth-order valence-corrected chi connectivity index (χ4v) is 3.54. The Bertz CT molecular complexity index is 868. The average Bonchev–Trinajstić information content (AvgIpc) is 3.13. The zero-order chi connectivity index (χ0) is 18.1. The lowest BCUT2D eigenvalue weighted by Gasteiger charge is -2.25. The molecule has 2 aliphatic rings.